The van der Waals surface area contributed by atoms with Gasteiger partial charge in [0.05, 0.1) is 6.42 Å². The molecule has 0 aliphatic heterocycles. The number of nitrogens with one attached hydrogen (secondary N) is 1. The van der Waals surface area contributed by atoms with Crippen LogP contribution in [0.5, 0.6) is 5.88 Å². The van der Waals surface area contributed by atoms with Gasteiger partial charge in [-0.1, -0.05) is 12.1 Å². The number of nitrogens with zero attached hydrogens (tertiary/aromatic N) is 1. The van der Waals surface area contributed by atoms with E-state index in [0.29, 0.717) is 11.1 Å². The summed E-state index contributed by atoms with van der Waals surface area (Å²) in [5.74, 6) is -3.56. The molecule has 0 unspecified atom stereocenters. The van der Waals surface area contributed by atoms with E-state index in [1.807, 2.05) is 0 Å². The van der Waals surface area contributed by atoms with E-state index in [1.54, 1.807) is 12.1 Å². The zero-order valence-electron chi connectivity index (χ0n) is 13.1. The standard InChI is InChI=1S/C17H17F3N2O2/c1-17(19,20)11-24-16-9-13(5-6-21-16)10-22-15(23)8-12-3-2-4-14(18)7-12/h2-7,9H,8,10-11H2,1H3,(H,22,23). The molecule has 1 aromatic heterocycles. The Morgan fingerprint density at radius 1 is 1.25 bits per heavy atom. The molecule has 7 heteroatoms. The lowest BCUT2D eigenvalue weighted by Gasteiger charge is -2.12. The first kappa shape index (κ1) is 17.8. The molecular formula is C17H17F3N2O2. The highest BCUT2D eigenvalue weighted by atomic mass is 19.3. The van der Waals surface area contributed by atoms with Crippen LogP contribution in [-0.2, 0) is 17.8 Å². The molecule has 0 saturated heterocycles. The molecule has 4 nitrogen and oxygen atoms in total. The molecule has 0 bridgehead atoms. The van der Waals surface area contributed by atoms with Gasteiger partial charge in [-0.15, -0.1) is 0 Å². The maximum absolute atomic E-state index is 13.1. The van der Waals surface area contributed by atoms with Crippen molar-refractivity contribution in [2.45, 2.75) is 25.8 Å². The van der Waals surface area contributed by atoms with E-state index in [1.165, 1.54) is 30.5 Å². The van der Waals surface area contributed by atoms with Crippen molar-refractivity contribution in [3.63, 3.8) is 0 Å². The Labute approximate surface area is 137 Å². The van der Waals surface area contributed by atoms with Crippen LogP contribution in [-0.4, -0.2) is 23.4 Å². The van der Waals surface area contributed by atoms with Crippen LogP contribution in [0, 0.1) is 5.82 Å². The molecule has 0 radical (unpaired) electrons. The van der Waals surface area contributed by atoms with Crippen molar-refractivity contribution in [2.24, 2.45) is 0 Å². The number of hydrogen-bond donors (Lipinski definition) is 1. The van der Waals surface area contributed by atoms with Gasteiger partial charge in [0.2, 0.25) is 11.8 Å². The van der Waals surface area contributed by atoms with Gasteiger partial charge in [0.15, 0.2) is 6.61 Å². The Bertz CT molecular complexity index is 702. The normalized spacial score (nSPS) is 11.2. The Balaban J connectivity index is 1.86. The highest BCUT2D eigenvalue weighted by molar-refractivity contribution is 5.78. The molecule has 0 atom stereocenters. The topological polar surface area (TPSA) is 51.2 Å². The Morgan fingerprint density at radius 3 is 2.75 bits per heavy atom. The second-order valence-electron chi connectivity index (χ2n) is 5.44. The molecule has 128 valence electrons. The molecule has 0 aliphatic rings. The average Bonchev–Trinajstić information content (AvgIpc) is 2.51. The number of aromatic nitrogens is 1. The largest absolute Gasteiger partial charge is 0.471 e. The lowest BCUT2D eigenvalue weighted by atomic mass is 10.1. The predicted molar refractivity (Wildman–Crippen MR) is 82.3 cm³/mol. The van der Waals surface area contributed by atoms with Gasteiger partial charge in [0.25, 0.3) is 5.92 Å². The highest BCUT2D eigenvalue weighted by Gasteiger charge is 2.22. The van der Waals surface area contributed by atoms with Crippen molar-refractivity contribution in [1.29, 1.82) is 0 Å². The van der Waals surface area contributed by atoms with Crippen LogP contribution in [0.25, 0.3) is 0 Å². The summed E-state index contributed by atoms with van der Waals surface area (Å²) in [6.45, 7) is 0.175. The Morgan fingerprint density at radius 2 is 2.04 bits per heavy atom. The second-order valence-corrected chi connectivity index (χ2v) is 5.44. The third-order valence-electron chi connectivity index (χ3n) is 3.02. The molecule has 2 aromatic rings. The molecule has 1 aromatic carbocycles. The minimum Gasteiger partial charge on any atom is -0.471 e. The van der Waals surface area contributed by atoms with Crippen LogP contribution < -0.4 is 10.1 Å². The van der Waals surface area contributed by atoms with Gasteiger partial charge >= 0.3 is 0 Å². The van der Waals surface area contributed by atoms with Crippen molar-refractivity contribution in [3.8, 4) is 5.88 Å². The van der Waals surface area contributed by atoms with Crippen LogP contribution in [0.15, 0.2) is 42.6 Å². The minimum atomic E-state index is -2.95. The van der Waals surface area contributed by atoms with Crippen molar-refractivity contribution >= 4 is 5.91 Å². The number of halogens is 3. The zero-order chi connectivity index (χ0) is 17.6. The van der Waals surface area contributed by atoms with E-state index in [0.717, 1.165) is 6.92 Å². The van der Waals surface area contributed by atoms with Crippen molar-refractivity contribution in [3.05, 3.63) is 59.5 Å². The molecule has 0 fully saturated rings. The molecule has 1 heterocycles. The number of benzene rings is 1. The second kappa shape index (κ2) is 7.81. The summed E-state index contributed by atoms with van der Waals surface area (Å²) in [5.41, 5.74) is 1.23. The molecule has 24 heavy (non-hydrogen) atoms. The number of carbonyl (C=O) groups is 1. The summed E-state index contributed by atoms with van der Waals surface area (Å²) in [6.07, 6.45) is 1.46. The maximum atomic E-state index is 13.1. The number of hydrogen-bond acceptors (Lipinski definition) is 3. The summed E-state index contributed by atoms with van der Waals surface area (Å²) in [5, 5.41) is 2.67. The number of amides is 1. The highest BCUT2D eigenvalue weighted by Crippen LogP contribution is 2.15. The number of rotatable bonds is 7. The van der Waals surface area contributed by atoms with Gasteiger partial charge in [-0.3, -0.25) is 4.79 Å². The van der Waals surface area contributed by atoms with Crippen LogP contribution >= 0.6 is 0 Å². The molecular weight excluding hydrogens is 321 g/mol. The van der Waals surface area contributed by atoms with E-state index >= 15 is 0 Å². The molecule has 0 saturated carbocycles. The van der Waals surface area contributed by atoms with E-state index in [-0.39, 0.29) is 24.8 Å². The number of pyridine rings is 1. The van der Waals surface area contributed by atoms with Gasteiger partial charge in [-0.25, -0.2) is 18.2 Å². The Hall–Kier alpha value is -2.57. The quantitative estimate of drug-likeness (QED) is 0.844. The SMILES string of the molecule is CC(F)(F)COc1cc(CNC(=O)Cc2cccc(F)c2)ccn1. The lowest BCUT2D eigenvalue weighted by Crippen LogP contribution is -2.24. The van der Waals surface area contributed by atoms with E-state index in [9.17, 15) is 18.0 Å². The maximum Gasteiger partial charge on any atom is 0.278 e. The van der Waals surface area contributed by atoms with Crippen LogP contribution in [0.2, 0.25) is 0 Å². The summed E-state index contributed by atoms with van der Waals surface area (Å²) in [4.78, 5) is 15.7. The fourth-order valence-corrected chi connectivity index (χ4v) is 1.94. The molecule has 0 aliphatic carbocycles. The van der Waals surface area contributed by atoms with Crippen molar-refractivity contribution in [1.82, 2.24) is 10.3 Å². The number of alkyl halides is 2. The fourth-order valence-electron chi connectivity index (χ4n) is 1.94. The van der Waals surface area contributed by atoms with E-state index < -0.39 is 18.3 Å². The molecule has 0 spiro atoms. The lowest BCUT2D eigenvalue weighted by molar-refractivity contribution is -0.120. The van der Waals surface area contributed by atoms with Gasteiger partial charge < -0.3 is 10.1 Å². The molecule has 2 rings (SSSR count). The van der Waals surface area contributed by atoms with E-state index in [2.05, 4.69) is 10.3 Å². The summed E-state index contributed by atoms with van der Waals surface area (Å²) >= 11 is 0. The van der Waals surface area contributed by atoms with Gasteiger partial charge in [-0.05, 0) is 29.3 Å². The third-order valence-corrected chi connectivity index (χ3v) is 3.02. The first-order chi connectivity index (χ1) is 11.3. The number of carbonyl (C=O) groups excluding carboxylic acids is 1. The van der Waals surface area contributed by atoms with Crippen LogP contribution in [0.1, 0.15) is 18.1 Å². The smallest absolute Gasteiger partial charge is 0.278 e. The van der Waals surface area contributed by atoms with Crippen LogP contribution in [0.4, 0.5) is 13.2 Å². The van der Waals surface area contributed by atoms with Gasteiger partial charge in [0, 0.05) is 25.7 Å². The molecule has 1 amide bonds. The van der Waals surface area contributed by atoms with Gasteiger partial charge in [0.1, 0.15) is 5.82 Å². The summed E-state index contributed by atoms with van der Waals surface area (Å²) in [6, 6.07) is 8.91. The fraction of sp³-hybridized carbons (Fsp3) is 0.294. The predicted octanol–water partition coefficient (Wildman–Crippen LogP) is 3.11. The number of ether oxygens (including phenoxy) is 1. The van der Waals surface area contributed by atoms with Crippen molar-refractivity contribution < 1.29 is 22.7 Å². The monoisotopic (exact) mass is 338 g/mol. The van der Waals surface area contributed by atoms with Crippen molar-refractivity contribution in [2.75, 3.05) is 6.61 Å². The minimum absolute atomic E-state index is 0.0499. The Kier molecular flexibility index (Phi) is 5.78. The van der Waals surface area contributed by atoms with Crippen LogP contribution in [0.3, 0.4) is 0 Å². The average molecular weight is 338 g/mol. The first-order valence-corrected chi connectivity index (χ1v) is 7.28. The summed E-state index contributed by atoms with van der Waals surface area (Å²) < 4.78 is 43.5. The summed E-state index contributed by atoms with van der Waals surface area (Å²) in [7, 11) is 0. The van der Waals surface area contributed by atoms with Gasteiger partial charge in [-0.2, -0.15) is 0 Å². The third kappa shape index (κ3) is 6.28. The zero-order valence-corrected chi connectivity index (χ0v) is 13.1. The molecule has 1 N–H and O–H groups in total. The van der Waals surface area contributed by atoms with E-state index in [4.69, 9.17) is 4.74 Å². The first-order valence-electron chi connectivity index (χ1n) is 7.28.